The van der Waals surface area contributed by atoms with Crippen LogP contribution >= 0.6 is 0 Å². The van der Waals surface area contributed by atoms with E-state index in [1.807, 2.05) is 0 Å². The lowest BCUT2D eigenvalue weighted by molar-refractivity contribution is -0.141. The normalized spacial score (nSPS) is 19.0. The number of hydrogen-bond donors (Lipinski definition) is 1. The summed E-state index contributed by atoms with van der Waals surface area (Å²) in [7, 11) is 0. The first kappa shape index (κ1) is 15.7. The van der Waals surface area contributed by atoms with Crippen LogP contribution in [0.4, 0.5) is 0 Å². The molecule has 0 saturated carbocycles. The fraction of sp³-hybridized carbons (Fsp3) is 0.625. The van der Waals surface area contributed by atoms with Crippen molar-refractivity contribution in [1.29, 1.82) is 0 Å². The Balaban J connectivity index is 1.64. The zero-order chi connectivity index (χ0) is 16.2. The third kappa shape index (κ3) is 3.60. The molecule has 0 radical (unpaired) electrons. The highest BCUT2D eigenvalue weighted by Gasteiger charge is 2.26. The molecule has 0 bridgehead atoms. The number of hydrogen-bond acceptors (Lipinski definition) is 4. The van der Waals surface area contributed by atoms with Crippen LogP contribution in [-0.2, 0) is 22.6 Å². The first-order chi connectivity index (χ1) is 11.1. The molecular weight excluding hydrogens is 296 g/mol. The maximum absolute atomic E-state index is 12.5. The van der Waals surface area contributed by atoms with Gasteiger partial charge in [0.15, 0.2) is 0 Å². The first-order valence-electron chi connectivity index (χ1n) is 8.26. The van der Waals surface area contributed by atoms with Crippen LogP contribution in [0.3, 0.4) is 0 Å². The molecule has 0 aliphatic carbocycles. The zero-order valence-corrected chi connectivity index (χ0v) is 13.2. The molecule has 2 aliphatic rings. The third-order valence-electron chi connectivity index (χ3n) is 4.61. The topological polar surface area (TPSA) is 86.4 Å². The number of amides is 2. The second-order valence-electron chi connectivity index (χ2n) is 6.20. The number of likely N-dealkylation sites (tertiary alicyclic amines) is 1. The zero-order valence-electron chi connectivity index (χ0n) is 13.2. The van der Waals surface area contributed by atoms with Crippen molar-refractivity contribution in [2.45, 2.75) is 45.1 Å². The van der Waals surface area contributed by atoms with Gasteiger partial charge >= 0.3 is 0 Å². The summed E-state index contributed by atoms with van der Waals surface area (Å²) in [5.74, 6) is 0.0108. The van der Waals surface area contributed by atoms with Gasteiger partial charge < -0.3 is 14.8 Å². The summed E-state index contributed by atoms with van der Waals surface area (Å²) < 4.78 is 0. The lowest BCUT2D eigenvalue weighted by Gasteiger charge is -2.31. The van der Waals surface area contributed by atoms with E-state index in [0.29, 0.717) is 43.7 Å². The molecule has 23 heavy (non-hydrogen) atoms. The smallest absolute Gasteiger partial charge is 0.254 e. The highest BCUT2D eigenvalue weighted by molar-refractivity contribution is 5.85. The summed E-state index contributed by atoms with van der Waals surface area (Å²) in [4.78, 5) is 46.5. The SMILES string of the molecule is O=C1CCCCCCN1CC(=O)N1CCc2c(nc[nH]c2=O)C1. The Bertz CT molecular complexity index is 655. The summed E-state index contributed by atoms with van der Waals surface area (Å²) in [6, 6.07) is 0. The molecule has 3 rings (SSSR count). The molecule has 1 aromatic heterocycles. The van der Waals surface area contributed by atoms with Crippen molar-refractivity contribution < 1.29 is 9.59 Å². The maximum atomic E-state index is 12.5. The standard InChI is InChI=1S/C16H22N4O3/c21-14-5-3-1-2-4-7-19(14)10-15(22)20-8-6-12-13(9-20)17-11-18-16(12)23/h11H,1-10H2,(H,17,18,23). The first-order valence-corrected chi connectivity index (χ1v) is 8.26. The van der Waals surface area contributed by atoms with Crippen molar-refractivity contribution in [3.63, 3.8) is 0 Å². The summed E-state index contributed by atoms with van der Waals surface area (Å²) in [6.07, 6.45) is 6.49. The Morgan fingerprint density at radius 3 is 2.83 bits per heavy atom. The van der Waals surface area contributed by atoms with Gasteiger partial charge in [0.05, 0.1) is 25.1 Å². The van der Waals surface area contributed by atoms with E-state index in [1.165, 1.54) is 6.33 Å². The number of carbonyl (C=O) groups is 2. The molecule has 1 N–H and O–H groups in total. The van der Waals surface area contributed by atoms with Gasteiger partial charge in [-0.2, -0.15) is 0 Å². The second-order valence-corrected chi connectivity index (χ2v) is 6.20. The van der Waals surface area contributed by atoms with Crippen molar-refractivity contribution in [2.24, 2.45) is 0 Å². The minimum Gasteiger partial charge on any atom is -0.335 e. The Morgan fingerprint density at radius 2 is 1.96 bits per heavy atom. The second kappa shape index (κ2) is 6.93. The molecule has 2 amide bonds. The molecular formula is C16H22N4O3. The lowest BCUT2D eigenvalue weighted by Crippen LogP contribution is -2.46. The van der Waals surface area contributed by atoms with Gasteiger partial charge in [-0.15, -0.1) is 0 Å². The van der Waals surface area contributed by atoms with Crippen molar-refractivity contribution >= 4 is 11.8 Å². The van der Waals surface area contributed by atoms with E-state index in [4.69, 9.17) is 0 Å². The number of nitrogens with one attached hydrogen (secondary N) is 1. The quantitative estimate of drug-likeness (QED) is 0.857. The molecule has 2 aliphatic heterocycles. The van der Waals surface area contributed by atoms with Gasteiger partial charge in [0.2, 0.25) is 11.8 Å². The summed E-state index contributed by atoms with van der Waals surface area (Å²) in [6.45, 7) is 1.65. The highest BCUT2D eigenvalue weighted by atomic mass is 16.2. The molecule has 124 valence electrons. The van der Waals surface area contributed by atoms with Crippen LogP contribution in [0.15, 0.2) is 11.1 Å². The molecule has 0 aromatic carbocycles. The average molecular weight is 318 g/mol. The molecule has 0 unspecified atom stereocenters. The molecule has 0 spiro atoms. The highest BCUT2D eigenvalue weighted by Crippen LogP contribution is 2.15. The van der Waals surface area contributed by atoms with E-state index in [1.54, 1.807) is 9.80 Å². The number of nitrogens with zero attached hydrogens (tertiary/aromatic N) is 3. The number of fused-ring (bicyclic) bond motifs is 1. The molecule has 1 saturated heterocycles. The fourth-order valence-electron chi connectivity index (χ4n) is 3.22. The van der Waals surface area contributed by atoms with E-state index in [-0.39, 0.29) is 23.9 Å². The number of H-pyrrole nitrogens is 1. The van der Waals surface area contributed by atoms with Gasteiger partial charge in [0.1, 0.15) is 0 Å². The largest absolute Gasteiger partial charge is 0.335 e. The Labute approximate surface area is 134 Å². The average Bonchev–Trinajstić information content (AvgIpc) is 2.54. The van der Waals surface area contributed by atoms with Crippen LogP contribution < -0.4 is 5.56 Å². The minimum absolute atomic E-state index is 0.0633. The third-order valence-corrected chi connectivity index (χ3v) is 4.61. The van der Waals surface area contributed by atoms with Crippen molar-refractivity contribution in [3.8, 4) is 0 Å². The Morgan fingerprint density at radius 1 is 1.13 bits per heavy atom. The van der Waals surface area contributed by atoms with Crippen LogP contribution in [0.2, 0.25) is 0 Å². The summed E-state index contributed by atoms with van der Waals surface area (Å²) in [5, 5.41) is 0. The fourth-order valence-corrected chi connectivity index (χ4v) is 3.22. The van der Waals surface area contributed by atoms with Gasteiger partial charge in [-0.05, 0) is 19.3 Å². The van der Waals surface area contributed by atoms with Gasteiger partial charge in [0.25, 0.3) is 5.56 Å². The molecule has 1 fully saturated rings. The van der Waals surface area contributed by atoms with Crippen molar-refractivity contribution in [1.82, 2.24) is 19.8 Å². The molecule has 1 aromatic rings. The summed E-state index contributed by atoms with van der Waals surface area (Å²) >= 11 is 0. The van der Waals surface area contributed by atoms with Crippen molar-refractivity contribution in [3.05, 3.63) is 27.9 Å². The lowest BCUT2D eigenvalue weighted by atomic mass is 10.1. The molecule has 7 nitrogen and oxygen atoms in total. The molecule has 0 atom stereocenters. The summed E-state index contributed by atoms with van der Waals surface area (Å²) in [5.41, 5.74) is 1.20. The maximum Gasteiger partial charge on any atom is 0.254 e. The van der Waals surface area contributed by atoms with Crippen LogP contribution in [0.5, 0.6) is 0 Å². The number of rotatable bonds is 2. The minimum atomic E-state index is -0.124. The van der Waals surface area contributed by atoms with Gasteiger partial charge in [-0.1, -0.05) is 12.8 Å². The molecule has 3 heterocycles. The van der Waals surface area contributed by atoms with E-state index in [9.17, 15) is 14.4 Å². The predicted molar refractivity (Wildman–Crippen MR) is 83.6 cm³/mol. The van der Waals surface area contributed by atoms with Crippen LogP contribution in [0.25, 0.3) is 0 Å². The number of aromatic nitrogens is 2. The predicted octanol–water partition coefficient (Wildman–Crippen LogP) is 0.447. The van der Waals surface area contributed by atoms with E-state index in [2.05, 4.69) is 9.97 Å². The van der Waals surface area contributed by atoms with Gasteiger partial charge in [-0.25, -0.2) is 4.98 Å². The van der Waals surface area contributed by atoms with E-state index >= 15 is 0 Å². The molecule has 7 heteroatoms. The van der Waals surface area contributed by atoms with Crippen LogP contribution in [0.1, 0.15) is 43.4 Å². The van der Waals surface area contributed by atoms with Gasteiger partial charge in [-0.3, -0.25) is 14.4 Å². The Kier molecular flexibility index (Phi) is 4.73. The van der Waals surface area contributed by atoms with Crippen LogP contribution in [-0.4, -0.2) is 51.2 Å². The van der Waals surface area contributed by atoms with E-state index in [0.717, 1.165) is 25.7 Å². The van der Waals surface area contributed by atoms with Gasteiger partial charge in [0, 0.05) is 25.1 Å². The van der Waals surface area contributed by atoms with E-state index < -0.39 is 0 Å². The number of carbonyl (C=O) groups excluding carboxylic acids is 2. The van der Waals surface area contributed by atoms with Crippen LogP contribution in [0, 0.1) is 0 Å². The van der Waals surface area contributed by atoms with Crippen molar-refractivity contribution in [2.75, 3.05) is 19.6 Å². The number of aromatic amines is 1. The monoisotopic (exact) mass is 318 g/mol. The Hall–Kier alpha value is -2.18.